The second-order valence-electron chi connectivity index (χ2n) is 3.23. The van der Waals surface area contributed by atoms with Crippen LogP contribution >= 0.6 is 0 Å². The Hall–Kier alpha value is -0.750. The first kappa shape index (κ1) is 11.3. The summed E-state index contributed by atoms with van der Waals surface area (Å²) in [7, 11) is 0. The summed E-state index contributed by atoms with van der Waals surface area (Å²) in [5.74, 6) is -1.28. The molecule has 1 rings (SSSR count). The van der Waals surface area contributed by atoms with Crippen molar-refractivity contribution in [2.24, 2.45) is 5.73 Å². The van der Waals surface area contributed by atoms with Gasteiger partial charge in [-0.15, -0.1) is 0 Å². The van der Waals surface area contributed by atoms with E-state index in [9.17, 15) is 13.6 Å². The highest BCUT2D eigenvalue weighted by Gasteiger charge is 2.41. The van der Waals surface area contributed by atoms with Gasteiger partial charge in [-0.05, 0) is 13.3 Å². The van der Waals surface area contributed by atoms with E-state index in [0.29, 0.717) is 13.0 Å². The first-order valence-electron chi connectivity index (χ1n) is 4.52. The zero-order chi connectivity index (χ0) is 10.7. The van der Waals surface area contributed by atoms with Crippen molar-refractivity contribution in [3.05, 3.63) is 0 Å². The van der Waals surface area contributed by atoms with E-state index < -0.39 is 18.4 Å². The van der Waals surface area contributed by atoms with Crippen LogP contribution in [0.3, 0.4) is 0 Å². The quantitative estimate of drug-likeness (QED) is 0.676. The topological polar surface area (TPSA) is 64.3 Å². The Morgan fingerprint density at radius 3 is 2.79 bits per heavy atom. The van der Waals surface area contributed by atoms with Gasteiger partial charge in [-0.25, -0.2) is 0 Å². The average Bonchev–Trinajstić information content (AvgIpc) is 2.13. The number of ether oxygens (including phenoxy) is 1. The molecule has 0 spiro atoms. The van der Waals surface area contributed by atoms with E-state index in [1.807, 2.05) is 0 Å². The fourth-order valence-corrected chi connectivity index (χ4v) is 1.45. The van der Waals surface area contributed by atoms with Crippen LogP contribution in [0.4, 0.5) is 8.78 Å². The van der Waals surface area contributed by atoms with E-state index in [0.717, 1.165) is 0 Å². The minimum Gasteiger partial charge on any atom is -0.376 e. The van der Waals surface area contributed by atoms with Crippen LogP contribution in [-0.2, 0) is 9.53 Å². The first-order valence-corrected chi connectivity index (χ1v) is 4.52. The molecule has 1 aliphatic carbocycles. The summed E-state index contributed by atoms with van der Waals surface area (Å²) in [6.07, 6.45) is -2.62. The van der Waals surface area contributed by atoms with E-state index in [2.05, 4.69) is 5.32 Å². The predicted octanol–water partition coefficient (Wildman–Crippen LogP) is -0.128. The Morgan fingerprint density at radius 1 is 1.71 bits per heavy atom. The molecule has 6 heteroatoms. The highest BCUT2D eigenvalue weighted by atomic mass is 19.3. The normalized spacial score (nSPS) is 31.4. The fraction of sp³-hybridized carbons (Fsp3) is 0.875. The maximum Gasteiger partial charge on any atom is 0.315 e. The van der Waals surface area contributed by atoms with Gasteiger partial charge in [0.15, 0.2) is 0 Å². The smallest absolute Gasteiger partial charge is 0.315 e. The van der Waals surface area contributed by atoms with Gasteiger partial charge in [0.1, 0.15) is 0 Å². The van der Waals surface area contributed by atoms with Gasteiger partial charge >= 0.3 is 6.43 Å². The van der Waals surface area contributed by atoms with Crippen molar-refractivity contribution < 1.29 is 18.3 Å². The number of amides is 1. The molecule has 0 aromatic heterocycles. The lowest BCUT2D eigenvalue weighted by Crippen LogP contribution is -2.65. The third kappa shape index (κ3) is 2.39. The lowest BCUT2D eigenvalue weighted by molar-refractivity contribution is -0.136. The third-order valence-electron chi connectivity index (χ3n) is 2.25. The largest absolute Gasteiger partial charge is 0.376 e. The van der Waals surface area contributed by atoms with Gasteiger partial charge in [-0.1, -0.05) is 0 Å². The summed E-state index contributed by atoms with van der Waals surface area (Å²) in [4.78, 5) is 10.7. The van der Waals surface area contributed by atoms with Crippen molar-refractivity contribution in [3.63, 3.8) is 0 Å². The van der Waals surface area contributed by atoms with Crippen LogP contribution in [0.2, 0.25) is 0 Å². The highest BCUT2D eigenvalue weighted by molar-refractivity contribution is 5.79. The molecule has 0 aliphatic heterocycles. The van der Waals surface area contributed by atoms with Crippen LogP contribution < -0.4 is 11.1 Å². The van der Waals surface area contributed by atoms with Crippen molar-refractivity contribution in [2.45, 2.75) is 38.0 Å². The SMILES string of the molecule is CCOC1CC(N)C1NC(=O)C(F)F. The molecule has 3 unspecified atom stereocenters. The second kappa shape index (κ2) is 4.65. The van der Waals surface area contributed by atoms with Gasteiger partial charge in [0.25, 0.3) is 5.91 Å². The van der Waals surface area contributed by atoms with Crippen LogP contribution in [0, 0.1) is 0 Å². The van der Waals surface area contributed by atoms with Crippen molar-refractivity contribution >= 4 is 5.91 Å². The van der Waals surface area contributed by atoms with Crippen LogP contribution in [0.25, 0.3) is 0 Å². The molecule has 3 N–H and O–H groups in total. The summed E-state index contributed by atoms with van der Waals surface area (Å²) in [5, 5.41) is 2.16. The zero-order valence-corrected chi connectivity index (χ0v) is 7.87. The molecule has 1 fully saturated rings. The molecule has 0 aromatic carbocycles. The summed E-state index contributed by atoms with van der Waals surface area (Å²) in [5.41, 5.74) is 5.55. The van der Waals surface area contributed by atoms with E-state index >= 15 is 0 Å². The highest BCUT2D eigenvalue weighted by Crippen LogP contribution is 2.22. The molecular weight excluding hydrogens is 194 g/mol. The Bertz CT molecular complexity index is 212. The molecule has 0 saturated heterocycles. The monoisotopic (exact) mass is 208 g/mol. The van der Waals surface area contributed by atoms with Crippen molar-refractivity contribution in [3.8, 4) is 0 Å². The minimum absolute atomic E-state index is 0.224. The number of carbonyl (C=O) groups excluding carboxylic acids is 1. The lowest BCUT2D eigenvalue weighted by atomic mass is 9.83. The molecule has 0 radical (unpaired) electrons. The fourth-order valence-electron chi connectivity index (χ4n) is 1.45. The van der Waals surface area contributed by atoms with Gasteiger partial charge in [-0.2, -0.15) is 8.78 Å². The molecule has 1 amide bonds. The van der Waals surface area contributed by atoms with Gasteiger partial charge in [0.05, 0.1) is 12.1 Å². The lowest BCUT2D eigenvalue weighted by Gasteiger charge is -2.42. The van der Waals surface area contributed by atoms with Crippen molar-refractivity contribution in [1.82, 2.24) is 5.32 Å². The van der Waals surface area contributed by atoms with Crippen LogP contribution in [-0.4, -0.2) is 37.1 Å². The number of nitrogens with one attached hydrogen (secondary N) is 1. The number of hydrogen-bond acceptors (Lipinski definition) is 3. The van der Waals surface area contributed by atoms with E-state index in [-0.39, 0.29) is 12.1 Å². The van der Waals surface area contributed by atoms with Gasteiger partial charge in [0.2, 0.25) is 0 Å². The standard InChI is InChI=1S/C8H14F2N2O2/c1-2-14-5-3-4(11)6(5)12-8(13)7(9)10/h4-7H,2-3,11H2,1H3,(H,12,13). The molecule has 0 bridgehead atoms. The third-order valence-corrected chi connectivity index (χ3v) is 2.25. The first-order chi connectivity index (χ1) is 6.56. The van der Waals surface area contributed by atoms with Crippen molar-refractivity contribution in [1.29, 1.82) is 0 Å². The summed E-state index contributed by atoms with van der Waals surface area (Å²) < 4.78 is 29.0. The summed E-state index contributed by atoms with van der Waals surface area (Å²) in [6.45, 7) is 2.29. The minimum atomic E-state index is -3.00. The number of halogens is 2. The van der Waals surface area contributed by atoms with E-state index in [1.54, 1.807) is 6.92 Å². The van der Waals surface area contributed by atoms with Crippen molar-refractivity contribution in [2.75, 3.05) is 6.61 Å². The Labute approximate surface area is 80.8 Å². The molecule has 82 valence electrons. The van der Waals surface area contributed by atoms with Gasteiger partial charge in [0, 0.05) is 12.6 Å². The Morgan fingerprint density at radius 2 is 2.36 bits per heavy atom. The summed E-state index contributed by atoms with van der Waals surface area (Å²) in [6, 6.07) is -0.759. The second-order valence-corrected chi connectivity index (χ2v) is 3.23. The number of nitrogens with two attached hydrogens (primary N) is 1. The number of carbonyl (C=O) groups is 1. The maximum atomic E-state index is 11.9. The maximum absolute atomic E-state index is 11.9. The number of hydrogen-bond donors (Lipinski definition) is 2. The molecule has 4 nitrogen and oxygen atoms in total. The zero-order valence-electron chi connectivity index (χ0n) is 7.87. The van der Waals surface area contributed by atoms with Crippen LogP contribution in [0.15, 0.2) is 0 Å². The molecule has 0 aromatic rings. The predicted molar refractivity (Wildman–Crippen MR) is 45.9 cm³/mol. The molecule has 3 atom stereocenters. The summed E-state index contributed by atoms with van der Waals surface area (Å²) >= 11 is 0. The molecular formula is C8H14F2N2O2. The van der Waals surface area contributed by atoms with E-state index in [1.165, 1.54) is 0 Å². The number of rotatable bonds is 4. The Balaban J connectivity index is 2.38. The number of alkyl halides is 2. The van der Waals surface area contributed by atoms with Gasteiger partial charge in [-0.3, -0.25) is 4.79 Å². The van der Waals surface area contributed by atoms with E-state index in [4.69, 9.17) is 10.5 Å². The molecule has 1 saturated carbocycles. The molecule has 14 heavy (non-hydrogen) atoms. The average molecular weight is 208 g/mol. The molecule has 0 heterocycles. The van der Waals surface area contributed by atoms with Gasteiger partial charge < -0.3 is 15.8 Å². The van der Waals surface area contributed by atoms with Crippen LogP contribution in [0.5, 0.6) is 0 Å². The van der Waals surface area contributed by atoms with Crippen LogP contribution in [0.1, 0.15) is 13.3 Å². The molecule has 1 aliphatic rings. The Kier molecular flexibility index (Phi) is 3.77.